The van der Waals surface area contributed by atoms with Gasteiger partial charge in [-0.25, -0.2) is 9.78 Å². The number of carbonyl (C=O) groups excluding carboxylic acids is 1. The van der Waals surface area contributed by atoms with Gasteiger partial charge in [-0.3, -0.25) is 4.90 Å². The Balaban J connectivity index is 1.64. The third kappa shape index (κ3) is 3.94. The number of ether oxygens (including phenoxy) is 1. The van der Waals surface area contributed by atoms with Crippen LogP contribution in [0.2, 0.25) is 0 Å². The van der Waals surface area contributed by atoms with Gasteiger partial charge in [-0.15, -0.1) is 0 Å². The number of fused-ring (bicyclic) bond motifs is 1. The van der Waals surface area contributed by atoms with Gasteiger partial charge in [-0.05, 0) is 61.8 Å². The van der Waals surface area contributed by atoms with E-state index in [2.05, 4.69) is 27.8 Å². The van der Waals surface area contributed by atoms with E-state index in [0.717, 1.165) is 35.2 Å². The molecule has 0 N–H and O–H groups in total. The van der Waals surface area contributed by atoms with Crippen LogP contribution in [0.5, 0.6) is 0 Å². The number of esters is 1. The standard InChI is InChI=1S/C26H27N3O3/c1-31-26(30)21-8-5-7-20(15-21)24(28-12-3-2-4-13-28)23-17-29(16-19-10-14-32-18-19)25-22(23)9-6-11-27-25/h5-11,14-15,17-18,24H,2-4,12-13,16H2,1H3. The molecule has 5 rings (SSSR count). The molecule has 4 heterocycles. The maximum Gasteiger partial charge on any atom is 0.337 e. The fourth-order valence-electron chi connectivity index (χ4n) is 4.78. The summed E-state index contributed by atoms with van der Waals surface area (Å²) < 4.78 is 12.4. The van der Waals surface area contributed by atoms with Crippen LogP contribution in [-0.4, -0.2) is 40.6 Å². The molecule has 0 radical (unpaired) electrons. The van der Waals surface area contributed by atoms with Gasteiger partial charge in [0.1, 0.15) is 5.65 Å². The van der Waals surface area contributed by atoms with Crippen LogP contribution in [-0.2, 0) is 11.3 Å². The number of rotatable bonds is 6. The minimum atomic E-state index is -0.312. The third-order valence-corrected chi connectivity index (χ3v) is 6.27. The molecule has 1 saturated heterocycles. The van der Waals surface area contributed by atoms with Crippen molar-refractivity contribution in [2.75, 3.05) is 20.2 Å². The minimum absolute atomic E-state index is 0.0391. The van der Waals surface area contributed by atoms with Crippen LogP contribution in [0.4, 0.5) is 0 Å². The van der Waals surface area contributed by atoms with E-state index in [1.54, 1.807) is 12.5 Å². The Bertz CT molecular complexity index is 1210. The van der Waals surface area contributed by atoms with E-state index < -0.39 is 0 Å². The zero-order valence-electron chi connectivity index (χ0n) is 18.2. The Morgan fingerprint density at radius 1 is 1.16 bits per heavy atom. The van der Waals surface area contributed by atoms with Crippen molar-refractivity contribution < 1.29 is 13.9 Å². The quantitative estimate of drug-likeness (QED) is 0.402. The summed E-state index contributed by atoms with van der Waals surface area (Å²) in [5, 5.41) is 1.13. The van der Waals surface area contributed by atoms with Crippen LogP contribution in [0.1, 0.15) is 52.4 Å². The van der Waals surface area contributed by atoms with E-state index in [-0.39, 0.29) is 12.0 Å². The number of hydrogen-bond donors (Lipinski definition) is 0. The molecule has 164 valence electrons. The van der Waals surface area contributed by atoms with E-state index in [1.807, 2.05) is 36.5 Å². The molecular formula is C26H27N3O3. The van der Waals surface area contributed by atoms with Crippen molar-refractivity contribution in [1.29, 1.82) is 0 Å². The Morgan fingerprint density at radius 2 is 2.03 bits per heavy atom. The first-order valence-electron chi connectivity index (χ1n) is 11.1. The first-order valence-corrected chi connectivity index (χ1v) is 11.1. The largest absolute Gasteiger partial charge is 0.472 e. The topological polar surface area (TPSA) is 60.5 Å². The number of hydrogen-bond acceptors (Lipinski definition) is 5. The molecule has 0 amide bonds. The monoisotopic (exact) mass is 429 g/mol. The number of furan rings is 1. The summed E-state index contributed by atoms with van der Waals surface area (Å²) in [5.74, 6) is -0.312. The molecule has 1 unspecified atom stereocenters. The van der Waals surface area contributed by atoms with Gasteiger partial charge in [0.05, 0.1) is 37.8 Å². The van der Waals surface area contributed by atoms with Crippen molar-refractivity contribution >= 4 is 17.0 Å². The maximum atomic E-state index is 12.2. The smallest absolute Gasteiger partial charge is 0.337 e. The molecule has 1 atom stereocenters. The Morgan fingerprint density at radius 3 is 2.81 bits per heavy atom. The lowest BCUT2D eigenvalue weighted by atomic mass is 9.94. The van der Waals surface area contributed by atoms with E-state index in [0.29, 0.717) is 12.1 Å². The molecule has 0 spiro atoms. The van der Waals surface area contributed by atoms with Gasteiger partial charge < -0.3 is 13.7 Å². The average Bonchev–Trinajstić information content (AvgIpc) is 3.49. The predicted octanol–water partition coefficient (Wildman–Crippen LogP) is 5.04. The van der Waals surface area contributed by atoms with Crippen LogP contribution in [0.25, 0.3) is 11.0 Å². The number of benzene rings is 1. The summed E-state index contributed by atoms with van der Waals surface area (Å²) in [6.07, 6.45) is 11.1. The lowest BCUT2D eigenvalue weighted by Crippen LogP contribution is -2.34. The van der Waals surface area contributed by atoms with Crippen molar-refractivity contribution in [2.45, 2.75) is 31.8 Å². The van der Waals surface area contributed by atoms with Gasteiger partial charge in [0.25, 0.3) is 0 Å². The number of carbonyl (C=O) groups is 1. The number of likely N-dealkylation sites (tertiary alicyclic amines) is 1. The number of methoxy groups -OCH3 is 1. The zero-order valence-corrected chi connectivity index (χ0v) is 18.2. The fraction of sp³-hybridized carbons (Fsp3) is 0.308. The van der Waals surface area contributed by atoms with Gasteiger partial charge in [0.2, 0.25) is 0 Å². The Hall–Kier alpha value is -3.38. The molecule has 3 aromatic heterocycles. The second kappa shape index (κ2) is 9.01. The summed E-state index contributed by atoms with van der Waals surface area (Å²) in [7, 11) is 1.42. The number of aromatic nitrogens is 2. The number of nitrogens with zero attached hydrogens (tertiary/aromatic N) is 3. The second-order valence-corrected chi connectivity index (χ2v) is 8.33. The van der Waals surface area contributed by atoms with Crippen molar-refractivity contribution in [3.05, 3.63) is 89.6 Å². The highest BCUT2D eigenvalue weighted by molar-refractivity contribution is 5.89. The normalized spacial score (nSPS) is 15.7. The van der Waals surface area contributed by atoms with Crippen LogP contribution in [0.3, 0.4) is 0 Å². The molecule has 6 nitrogen and oxygen atoms in total. The molecule has 0 saturated carbocycles. The van der Waals surface area contributed by atoms with Crippen molar-refractivity contribution in [1.82, 2.24) is 14.5 Å². The summed E-state index contributed by atoms with van der Waals surface area (Å²) in [6.45, 7) is 2.75. The average molecular weight is 430 g/mol. The first-order chi connectivity index (χ1) is 15.7. The zero-order chi connectivity index (χ0) is 21.9. The summed E-state index contributed by atoms with van der Waals surface area (Å²) in [6, 6.07) is 14.0. The van der Waals surface area contributed by atoms with E-state index in [1.165, 1.54) is 31.9 Å². The van der Waals surface area contributed by atoms with Crippen molar-refractivity contribution in [2.24, 2.45) is 0 Å². The van der Waals surface area contributed by atoms with E-state index >= 15 is 0 Å². The molecule has 32 heavy (non-hydrogen) atoms. The van der Waals surface area contributed by atoms with Crippen LogP contribution in [0, 0.1) is 0 Å². The lowest BCUT2D eigenvalue weighted by Gasteiger charge is -2.35. The predicted molar refractivity (Wildman–Crippen MR) is 123 cm³/mol. The van der Waals surface area contributed by atoms with Crippen LogP contribution in [0.15, 0.2) is 71.8 Å². The van der Waals surface area contributed by atoms with Gasteiger partial charge in [-0.2, -0.15) is 0 Å². The number of pyridine rings is 1. The van der Waals surface area contributed by atoms with Crippen LogP contribution >= 0.6 is 0 Å². The molecular weight excluding hydrogens is 402 g/mol. The second-order valence-electron chi connectivity index (χ2n) is 8.33. The highest BCUT2D eigenvalue weighted by atomic mass is 16.5. The molecule has 1 aromatic carbocycles. The molecule has 1 aliphatic rings. The van der Waals surface area contributed by atoms with Gasteiger partial charge in [0.15, 0.2) is 0 Å². The molecule has 1 fully saturated rings. The SMILES string of the molecule is COC(=O)c1cccc(C(c2cn(Cc3ccoc3)c3ncccc23)N2CCCCC2)c1. The minimum Gasteiger partial charge on any atom is -0.472 e. The van der Waals surface area contributed by atoms with Crippen molar-refractivity contribution in [3.63, 3.8) is 0 Å². The summed E-state index contributed by atoms with van der Waals surface area (Å²) in [5.41, 5.74) is 4.94. The highest BCUT2D eigenvalue weighted by Gasteiger charge is 2.28. The Labute approximate surface area is 187 Å². The van der Waals surface area contributed by atoms with E-state index in [9.17, 15) is 4.79 Å². The van der Waals surface area contributed by atoms with Gasteiger partial charge >= 0.3 is 5.97 Å². The van der Waals surface area contributed by atoms with E-state index in [4.69, 9.17) is 14.1 Å². The van der Waals surface area contributed by atoms with Gasteiger partial charge in [-0.1, -0.05) is 18.6 Å². The highest BCUT2D eigenvalue weighted by Crippen LogP contribution is 2.36. The molecule has 6 heteroatoms. The molecule has 1 aliphatic heterocycles. The Kier molecular flexibility index (Phi) is 5.77. The van der Waals surface area contributed by atoms with Crippen LogP contribution < -0.4 is 0 Å². The number of piperidine rings is 1. The van der Waals surface area contributed by atoms with Gasteiger partial charge in [0, 0.05) is 28.9 Å². The summed E-state index contributed by atoms with van der Waals surface area (Å²) >= 11 is 0. The maximum absolute atomic E-state index is 12.2. The van der Waals surface area contributed by atoms with Crippen molar-refractivity contribution in [3.8, 4) is 0 Å². The molecule has 4 aromatic rings. The summed E-state index contributed by atoms with van der Waals surface area (Å²) in [4.78, 5) is 19.5. The molecule has 0 bridgehead atoms. The first kappa shape index (κ1) is 20.5. The lowest BCUT2D eigenvalue weighted by molar-refractivity contribution is 0.0600. The fourth-order valence-corrected chi connectivity index (χ4v) is 4.78. The third-order valence-electron chi connectivity index (χ3n) is 6.27. The molecule has 0 aliphatic carbocycles.